The van der Waals surface area contributed by atoms with Gasteiger partial charge in [0.05, 0.1) is 25.2 Å². The van der Waals surface area contributed by atoms with Gasteiger partial charge in [-0.3, -0.25) is 0 Å². The molecule has 0 aliphatic heterocycles. The van der Waals surface area contributed by atoms with Crippen LogP contribution >= 0.6 is 0 Å². The largest absolute Gasteiger partial charge is 0.497 e. The number of carbonyl (C=O) groups is 1. The monoisotopic (exact) mass is 534 g/mol. The van der Waals surface area contributed by atoms with E-state index in [0.29, 0.717) is 42.0 Å². The summed E-state index contributed by atoms with van der Waals surface area (Å²) in [6.07, 6.45) is 14.2. The molecular formula is C32H42N2O5. The number of aliphatic hydroxyl groups is 1. The molecule has 7 nitrogen and oxygen atoms in total. The summed E-state index contributed by atoms with van der Waals surface area (Å²) in [6, 6.07) is 7.39. The third-order valence-corrected chi connectivity index (χ3v) is 8.06. The Morgan fingerprint density at radius 2 is 1.90 bits per heavy atom. The number of esters is 1. The smallest absolute Gasteiger partial charge is 0.331 e. The van der Waals surface area contributed by atoms with E-state index >= 15 is 0 Å². The van der Waals surface area contributed by atoms with Gasteiger partial charge in [0.25, 0.3) is 0 Å². The van der Waals surface area contributed by atoms with E-state index in [1.54, 1.807) is 19.5 Å². The van der Waals surface area contributed by atoms with Gasteiger partial charge in [-0.2, -0.15) is 0 Å². The van der Waals surface area contributed by atoms with Crippen molar-refractivity contribution in [3.05, 3.63) is 72.4 Å². The average Bonchev–Trinajstić information content (AvgIpc) is 3.33. The molecule has 39 heavy (non-hydrogen) atoms. The number of aromatic nitrogens is 2. The molecule has 0 bridgehead atoms. The lowest BCUT2D eigenvalue weighted by atomic mass is 9.64. The maximum atomic E-state index is 13.1. The fourth-order valence-corrected chi connectivity index (χ4v) is 5.94. The Labute approximate surface area is 232 Å². The fourth-order valence-electron chi connectivity index (χ4n) is 5.94. The number of ether oxygens (including phenoxy) is 3. The number of carbonyl (C=O) groups excluding carboxylic acids is 1. The molecule has 1 aromatic carbocycles. The minimum atomic E-state index is -0.527. The van der Waals surface area contributed by atoms with Crippen molar-refractivity contribution >= 4 is 12.0 Å². The number of benzene rings is 1. The predicted octanol–water partition coefficient (Wildman–Crippen LogP) is 5.76. The van der Waals surface area contributed by atoms with Crippen LogP contribution in [0.3, 0.4) is 0 Å². The van der Waals surface area contributed by atoms with Crippen LogP contribution in [-0.2, 0) is 16.6 Å². The zero-order valence-electron chi connectivity index (χ0n) is 23.7. The van der Waals surface area contributed by atoms with Crippen molar-refractivity contribution in [3.63, 3.8) is 0 Å². The van der Waals surface area contributed by atoms with Crippen molar-refractivity contribution in [3.8, 4) is 11.5 Å². The Morgan fingerprint density at radius 3 is 2.56 bits per heavy atom. The first kappa shape index (κ1) is 28.7. The maximum Gasteiger partial charge on any atom is 0.331 e. The average molecular weight is 535 g/mol. The molecule has 1 N–H and O–H groups in total. The summed E-state index contributed by atoms with van der Waals surface area (Å²) in [5.74, 6) is 2.37. The summed E-state index contributed by atoms with van der Waals surface area (Å²) in [5.41, 5.74) is 1.98. The molecule has 4 rings (SSSR count). The van der Waals surface area contributed by atoms with E-state index in [1.807, 2.05) is 54.2 Å². The molecule has 2 aliphatic carbocycles. The highest BCUT2D eigenvalue weighted by molar-refractivity contribution is 5.86. The SMILES string of the molecule is COc1ccc(O[C@@H]2/C=C\C[C@H](O)C[C@@H]3[C@@H](C(C)C)CC=C(C)[C@@H]3C[C@@H]2OC(=O)/C=C/c2cn(C)cn2)cc1. The van der Waals surface area contributed by atoms with Crippen molar-refractivity contribution in [2.45, 2.75) is 64.8 Å². The van der Waals surface area contributed by atoms with Crippen LogP contribution in [0.25, 0.3) is 6.08 Å². The second-order valence-corrected chi connectivity index (χ2v) is 11.2. The van der Waals surface area contributed by atoms with E-state index in [4.69, 9.17) is 14.2 Å². The van der Waals surface area contributed by atoms with Crippen LogP contribution in [0.1, 0.15) is 52.1 Å². The summed E-state index contributed by atoms with van der Waals surface area (Å²) in [5, 5.41) is 11.0. The van der Waals surface area contributed by atoms with Crippen LogP contribution in [0, 0.1) is 23.7 Å². The van der Waals surface area contributed by atoms with Gasteiger partial charge in [-0.1, -0.05) is 31.6 Å². The second kappa shape index (κ2) is 13.2. The molecule has 210 valence electrons. The van der Waals surface area contributed by atoms with Crippen molar-refractivity contribution in [1.29, 1.82) is 0 Å². The van der Waals surface area contributed by atoms with Crippen molar-refractivity contribution in [2.24, 2.45) is 30.7 Å². The zero-order chi connectivity index (χ0) is 27.9. The number of hydrogen-bond donors (Lipinski definition) is 1. The summed E-state index contributed by atoms with van der Waals surface area (Å²) in [7, 11) is 3.51. The van der Waals surface area contributed by atoms with Gasteiger partial charge < -0.3 is 23.9 Å². The first-order chi connectivity index (χ1) is 18.7. The standard InChI is InChI=1S/C32H42N2O5/c1-21(2)27-15-9-22(3)28-18-31(39-32(36)16-10-23-19-34(4)20-33-23)30(8-6-7-24(35)17-29(27)28)38-26-13-11-25(37-5)12-14-26/h6,8-14,16,19-21,24,27-31,35H,7,15,17-18H2,1-5H3/b8-6-,16-10+/t24-,27+,28-,29+,30+,31-/m0/s1. The molecule has 6 atom stereocenters. The molecule has 2 aliphatic rings. The summed E-state index contributed by atoms with van der Waals surface area (Å²) in [4.78, 5) is 17.4. The van der Waals surface area contributed by atoms with Crippen LogP contribution in [0.2, 0.25) is 0 Å². The first-order valence-corrected chi connectivity index (χ1v) is 13.9. The van der Waals surface area contributed by atoms with Gasteiger partial charge in [0.1, 0.15) is 17.6 Å². The van der Waals surface area contributed by atoms with Crippen LogP contribution < -0.4 is 9.47 Å². The highest BCUT2D eigenvalue weighted by atomic mass is 16.6. The molecule has 0 saturated heterocycles. The lowest BCUT2D eigenvalue weighted by Crippen LogP contribution is -2.41. The number of aliphatic hydroxyl groups excluding tert-OH is 1. The van der Waals surface area contributed by atoms with Crippen LogP contribution in [0.15, 0.2) is 66.7 Å². The molecule has 1 heterocycles. The fraction of sp³-hybridized carbons (Fsp3) is 0.500. The maximum absolute atomic E-state index is 13.1. The van der Waals surface area contributed by atoms with E-state index in [1.165, 1.54) is 11.6 Å². The Morgan fingerprint density at radius 1 is 1.15 bits per heavy atom. The molecule has 1 aromatic heterocycles. The lowest BCUT2D eigenvalue weighted by molar-refractivity contribution is -0.148. The van der Waals surface area contributed by atoms with E-state index in [9.17, 15) is 9.90 Å². The molecule has 0 fully saturated rings. The van der Waals surface area contributed by atoms with Gasteiger partial charge in [0.2, 0.25) is 0 Å². The number of hydrogen-bond acceptors (Lipinski definition) is 6. The van der Waals surface area contributed by atoms with E-state index < -0.39 is 24.3 Å². The highest BCUT2D eigenvalue weighted by Crippen LogP contribution is 2.44. The Bertz CT molecular complexity index is 1180. The topological polar surface area (TPSA) is 82.8 Å². The molecule has 7 heteroatoms. The Hall–Kier alpha value is -3.32. The predicted molar refractivity (Wildman–Crippen MR) is 152 cm³/mol. The Balaban J connectivity index is 1.65. The minimum Gasteiger partial charge on any atom is -0.497 e. The summed E-state index contributed by atoms with van der Waals surface area (Å²) >= 11 is 0. The number of rotatable bonds is 7. The summed E-state index contributed by atoms with van der Waals surface area (Å²) in [6.45, 7) is 6.69. The number of methoxy groups -OCH3 is 1. The molecule has 0 amide bonds. The van der Waals surface area contributed by atoms with Crippen LogP contribution in [-0.4, -0.2) is 46.0 Å². The zero-order valence-corrected chi connectivity index (χ0v) is 23.7. The highest BCUT2D eigenvalue weighted by Gasteiger charge is 2.40. The molecule has 0 radical (unpaired) electrons. The van der Waals surface area contributed by atoms with E-state index in [-0.39, 0.29) is 5.92 Å². The number of imidazole rings is 1. The second-order valence-electron chi connectivity index (χ2n) is 11.2. The first-order valence-electron chi connectivity index (χ1n) is 13.9. The molecule has 2 aromatic rings. The third-order valence-electron chi connectivity index (χ3n) is 8.06. The molecule has 0 saturated carbocycles. The number of aryl methyl sites for hydroxylation is 1. The quantitative estimate of drug-likeness (QED) is 0.276. The van der Waals surface area contributed by atoms with E-state index in [2.05, 4.69) is 31.8 Å². The Kier molecular flexibility index (Phi) is 9.68. The molecule has 0 spiro atoms. The van der Waals surface area contributed by atoms with Gasteiger partial charge in [-0.05, 0) is 92.7 Å². The van der Waals surface area contributed by atoms with Gasteiger partial charge in [0, 0.05) is 19.3 Å². The van der Waals surface area contributed by atoms with E-state index in [0.717, 1.165) is 18.6 Å². The number of allylic oxidation sites excluding steroid dienone is 2. The van der Waals surface area contributed by atoms with Crippen molar-refractivity contribution < 1.29 is 24.1 Å². The van der Waals surface area contributed by atoms with Gasteiger partial charge in [-0.15, -0.1) is 0 Å². The van der Waals surface area contributed by atoms with Crippen molar-refractivity contribution in [1.82, 2.24) is 9.55 Å². The third kappa shape index (κ3) is 7.63. The van der Waals surface area contributed by atoms with Crippen LogP contribution in [0.4, 0.5) is 0 Å². The number of nitrogens with zero attached hydrogens (tertiary/aromatic N) is 2. The minimum absolute atomic E-state index is 0.173. The summed E-state index contributed by atoms with van der Waals surface area (Å²) < 4.78 is 19.7. The van der Waals surface area contributed by atoms with Crippen molar-refractivity contribution in [2.75, 3.05) is 7.11 Å². The molecule has 0 unspecified atom stereocenters. The lowest BCUT2D eigenvalue weighted by Gasteiger charge is -2.43. The normalized spacial score (nSPS) is 28.4. The number of fused-ring (bicyclic) bond motifs is 1. The molecular weight excluding hydrogens is 492 g/mol. The van der Waals surface area contributed by atoms with Crippen LogP contribution in [0.5, 0.6) is 11.5 Å². The van der Waals surface area contributed by atoms with Gasteiger partial charge >= 0.3 is 5.97 Å². The van der Waals surface area contributed by atoms with Gasteiger partial charge in [0.15, 0.2) is 6.10 Å². The van der Waals surface area contributed by atoms with Gasteiger partial charge in [-0.25, -0.2) is 9.78 Å².